The Morgan fingerprint density at radius 3 is 2.59 bits per heavy atom. The molecule has 0 saturated carbocycles. The van der Waals surface area contributed by atoms with Crippen molar-refractivity contribution in [3.63, 3.8) is 0 Å². The number of aromatic nitrogens is 6. The molecule has 0 spiro atoms. The number of hydrazine groups is 1. The van der Waals surface area contributed by atoms with Crippen LogP contribution in [-0.2, 0) is 4.79 Å². The van der Waals surface area contributed by atoms with Crippen LogP contribution in [0.5, 0.6) is 0 Å². The van der Waals surface area contributed by atoms with Crippen LogP contribution in [-0.4, -0.2) is 61.1 Å². The molecule has 10 heteroatoms. The van der Waals surface area contributed by atoms with Crippen molar-refractivity contribution in [2.45, 2.75) is 12.8 Å². The van der Waals surface area contributed by atoms with Gasteiger partial charge < -0.3 is 9.88 Å². The molecule has 6 aromatic rings. The molecule has 1 aliphatic rings. The number of aromatic amines is 2. The normalized spacial score (nSPS) is 14.6. The van der Waals surface area contributed by atoms with E-state index in [1.807, 2.05) is 30.3 Å². The summed E-state index contributed by atoms with van der Waals surface area (Å²) in [6.07, 6.45) is 10.3. The number of carbonyl (C=O) groups excluding carboxylic acids is 1. The lowest BCUT2D eigenvalue weighted by atomic mass is 9.96. The van der Waals surface area contributed by atoms with Gasteiger partial charge in [-0.2, -0.15) is 5.10 Å². The smallest absolute Gasteiger partial charge is 0.244 e. The molecule has 0 unspecified atom stereocenters. The summed E-state index contributed by atoms with van der Waals surface area (Å²) in [4.78, 5) is 32.0. The van der Waals surface area contributed by atoms with Crippen LogP contribution in [0.15, 0.2) is 79.5 Å². The standard InChI is InChI=1S/C31H29N9O/c1-39-11-7-20(8-12-39)31(41)40(32)23-13-21(16-34-18-23)22-14-26-29(37-38-30(26)35-17-22)28-15-25-24(3-2-4-27(25)36-28)19-5-9-33-10-6-19/h2-6,9-10,13-18,20,36H,7-8,11-12,32H2,1H3,(H,35,37,38). The summed E-state index contributed by atoms with van der Waals surface area (Å²) in [7, 11) is 2.07. The summed E-state index contributed by atoms with van der Waals surface area (Å²) in [5, 5.41) is 10.8. The van der Waals surface area contributed by atoms with Crippen molar-refractivity contribution in [1.29, 1.82) is 0 Å². The molecule has 10 nitrogen and oxygen atoms in total. The SMILES string of the molecule is CN1CCC(C(=O)N(N)c2cncc(-c3cnc4n[nH]c(-c5cc6c(-c7ccncc7)cccc6[nH]5)c4c3)c2)CC1. The molecule has 7 rings (SSSR count). The fourth-order valence-corrected chi connectivity index (χ4v) is 5.63. The predicted molar refractivity (Wildman–Crippen MR) is 160 cm³/mol. The van der Waals surface area contributed by atoms with Crippen LogP contribution in [0.1, 0.15) is 12.8 Å². The molecular weight excluding hydrogens is 514 g/mol. The van der Waals surface area contributed by atoms with Crippen molar-refractivity contribution < 1.29 is 4.79 Å². The highest BCUT2D eigenvalue weighted by molar-refractivity contribution is 6.01. The van der Waals surface area contributed by atoms with Gasteiger partial charge in [0, 0.05) is 58.1 Å². The van der Waals surface area contributed by atoms with Crippen molar-refractivity contribution in [2.75, 3.05) is 25.1 Å². The molecule has 204 valence electrons. The van der Waals surface area contributed by atoms with E-state index in [1.54, 1.807) is 31.0 Å². The zero-order valence-corrected chi connectivity index (χ0v) is 22.6. The highest BCUT2D eigenvalue weighted by Crippen LogP contribution is 2.35. The van der Waals surface area contributed by atoms with Crippen LogP contribution in [0.4, 0.5) is 5.69 Å². The average Bonchev–Trinajstić information content (AvgIpc) is 3.65. The number of carbonyl (C=O) groups is 1. The van der Waals surface area contributed by atoms with Crippen LogP contribution in [0.3, 0.4) is 0 Å². The number of H-pyrrole nitrogens is 2. The van der Waals surface area contributed by atoms with Gasteiger partial charge in [-0.05, 0) is 80.5 Å². The first-order valence-electron chi connectivity index (χ1n) is 13.6. The Balaban J connectivity index is 1.22. The van der Waals surface area contributed by atoms with E-state index in [9.17, 15) is 4.79 Å². The van der Waals surface area contributed by atoms with Gasteiger partial charge >= 0.3 is 0 Å². The number of pyridine rings is 3. The Hall–Kier alpha value is -4.93. The number of piperidine rings is 1. The third-order valence-electron chi connectivity index (χ3n) is 7.97. The molecule has 6 heterocycles. The largest absolute Gasteiger partial charge is 0.353 e. The van der Waals surface area contributed by atoms with Crippen LogP contribution < -0.4 is 10.9 Å². The number of hydrogen-bond donors (Lipinski definition) is 3. The topological polar surface area (TPSA) is 133 Å². The van der Waals surface area contributed by atoms with Crippen LogP contribution >= 0.6 is 0 Å². The minimum atomic E-state index is -0.0817. The number of nitrogens with one attached hydrogen (secondary N) is 2. The van der Waals surface area contributed by atoms with Crippen LogP contribution in [0.2, 0.25) is 0 Å². The molecular formula is C31H29N9O. The summed E-state index contributed by atoms with van der Waals surface area (Å²) in [5.41, 5.74) is 7.83. The highest BCUT2D eigenvalue weighted by atomic mass is 16.2. The summed E-state index contributed by atoms with van der Waals surface area (Å²) >= 11 is 0. The minimum Gasteiger partial charge on any atom is -0.353 e. The van der Waals surface area contributed by atoms with Gasteiger partial charge in [-0.15, -0.1) is 0 Å². The quantitative estimate of drug-likeness (QED) is 0.162. The van der Waals surface area contributed by atoms with Gasteiger partial charge in [-0.1, -0.05) is 12.1 Å². The molecule has 4 N–H and O–H groups in total. The third-order valence-corrected chi connectivity index (χ3v) is 7.97. The Bertz CT molecular complexity index is 1870. The van der Waals surface area contributed by atoms with Gasteiger partial charge in [0.05, 0.1) is 23.3 Å². The summed E-state index contributed by atoms with van der Waals surface area (Å²) < 4.78 is 0. The Kier molecular flexibility index (Phi) is 6.26. The Morgan fingerprint density at radius 2 is 1.76 bits per heavy atom. The summed E-state index contributed by atoms with van der Waals surface area (Å²) in [6.45, 7) is 1.78. The van der Waals surface area contributed by atoms with Gasteiger partial charge in [-0.25, -0.2) is 15.8 Å². The number of nitrogens with zero attached hydrogens (tertiary/aromatic N) is 6. The van der Waals surface area contributed by atoms with Gasteiger partial charge in [0.2, 0.25) is 5.91 Å². The Morgan fingerprint density at radius 1 is 0.951 bits per heavy atom. The number of likely N-dealkylation sites (tertiary alicyclic amines) is 1. The van der Waals surface area contributed by atoms with Gasteiger partial charge in [0.1, 0.15) is 0 Å². The van der Waals surface area contributed by atoms with Crippen molar-refractivity contribution in [3.8, 4) is 33.6 Å². The second kappa shape index (κ2) is 10.2. The fraction of sp³-hybridized carbons (Fsp3) is 0.194. The lowest BCUT2D eigenvalue weighted by molar-refractivity contribution is -0.123. The van der Waals surface area contributed by atoms with E-state index in [2.05, 4.69) is 60.3 Å². The summed E-state index contributed by atoms with van der Waals surface area (Å²) in [6, 6.07) is 16.3. The zero-order chi connectivity index (χ0) is 27.9. The maximum atomic E-state index is 13.1. The van der Waals surface area contributed by atoms with Gasteiger partial charge in [-0.3, -0.25) is 19.9 Å². The molecule has 41 heavy (non-hydrogen) atoms. The van der Waals surface area contributed by atoms with E-state index >= 15 is 0 Å². The molecule has 1 fully saturated rings. The lowest BCUT2D eigenvalue weighted by Gasteiger charge is -2.30. The monoisotopic (exact) mass is 543 g/mol. The Labute approximate surface area is 236 Å². The van der Waals surface area contributed by atoms with Crippen molar-refractivity contribution in [1.82, 2.24) is 35.0 Å². The number of amides is 1. The molecule has 0 radical (unpaired) electrons. The summed E-state index contributed by atoms with van der Waals surface area (Å²) in [5.74, 6) is 6.15. The van der Waals surface area contributed by atoms with Crippen LogP contribution in [0.25, 0.3) is 55.6 Å². The van der Waals surface area contributed by atoms with E-state index in [4.69, 9.17) is 5.84 Å². The lowest BCUT2D eigenvalue weighted by Crippen LogP contribution is -2.45. The van der Waals surface area contributed by atoms with Crippen LogP contribution in [0, 0.1) is 5.92 Å². The van der Waals surface area contributed by atoms with E-state index in [0.29, 0.717) is 11.3 Å². The number of rotatable bonds is 5. The molecule has 1 saturated heterocycles. The number of benzene rings is 1. The maximum Gasteiger partial charge on any atom is 0.244 e. The van der Waals surface area contributed by atoms with Crippen molar-refractivity contribution in [2.24, 2.45) is 11.8 Å². The number of anilines is 1. The highest BCUT2D eigenvalue weighted by Gasteiger charge is 2.27. The number of hydrogen-bond acceptors (Lipinski definition) is 7. The molecule has 5 aromatic heterocycles. The predicted octanol–water partition coefficient (Wildman–Crippen LogP) is 4.78. The number of fused-ring (bicyclic) bond motifs is 2. The molecule has 0 atom stereocenters. The van der Waals surface area contributed by atoms with E-state index in [0.717, 1.165) is 75.9 Å². The fourth-order valence-electron chi connectivity index (χ4n) is 5.63. The second-order valence-electron chi connectivity index (χ2n) is 10.6. The molecule has 1 aliphatic heterocycles. The first-order valence-corrected chi connectivity index (χ1v) is 13.6. The maximum absolute atomic E-state index is 13.1. The molecule has 1 amide bonds. The third kappa shape index (κ3) is 4.62. The first kappa shape index (κ1) is 25.1. The number of nitrogens with two attached hydrogens (primary N) is 1. The zero-order valence-electron chi connectivity index (χ0n) is 22.6. The molecule has 0 bridgehead atoms. The molecule has 1 aromatic carbocycles. The van der Waals surface area contributed by atoms with E-state index < -0.39 is 0 Å². The van der Waals surface area contributed by atoms with Crippen molar-refractivity contribution in [3.05, 3.63) is 79.5 Å². The van der Waals surface area contributed by atoms with E-state index in [-0.39, 0.29) is 11.8 Å². The minimum absolute atomic E-state index is 0.0762. The molecule has 0 aliphatic carbocycles. The second-order valence-corrected chi connectivity index (χ2v) is 10.6. The van der Waals surface area contributed by atoms with Gasteiger partial charge in [0.25, 0.3) is 0 Å². The van der Waals surface area contributed by atoms with E-state index in [1.165, 1.54) is 5.01 Å². The first-order chi connectivity index (χ1) is 20.0. The van der Waals surface area contributed by atoms with Gasteiger partial charge in [0.15, 0.2) is 5.65 Å². The van der Waals surface area contributed by atoms with Crippen molar-refractivity contribution >= 4 is 33.5 Å². The average molecular weight is 544 g/mol.